The second-order valence-corrected chi connectivity index (χ2v) is 4.02. The Morgan fingerprint density at radius 3 is 2.39 bits per heavy atom. The molecule has 0 saturated heterocycles. The van der Waals surface area contributed by atoms with Gasteiger partial charge in [-0.05, 0) is 25.0 Å². The summed E-state index contributed by atoms with van der Waals surface area (Å²) in [6.45, 7) is 3.36. The van der Waals surface area contributed by atoms with Crippen molar-refractivity contribution in [3.8, 4) is 0 Å². The van der Waals surface area contributed by atoms with Crippen LogP contribution in [0.2, 0.25) is 0 Å². The highest BCUT2D eigenvalue weighted by atomic mass is 16.4. The Kier molecular flexibility index (Phi) is 4.25. The zero-order valence-corrected chi connectivity index (χ0v) is 10.4. The highest BCUT2D eigenvalue weighted by Crippen LogP contribution is 2.28. The van der Waals surface area contributed by atoms with Crippen molar-refractivity contribution in [3.05, 3.63) is 18.3 Å². The third kappa shape index (κ3) is 2.58. The second kappa shape index (κ2) is 5.48. The van der Waals surface area contributed by atoms with Crippen LogP contribution in [0.15, 0.2) is 18.3 Å². The number of hydrogen-bond donors (Lipinski definition) is 3. The lowest BCUT2D eigenvalue weighted by atomic mass is 9.81. The zero-order valence-electron chi connectivity index (χ0n) is 10.4. The first-order valence-corrected chi connectivity index (χ1v) is 5.72. The summed E-state index contributed by atoms with van der Waals surface area (Å²) in [5.41, 5.74) is 4.46. The van der Waals surface area contributed by atoms with Gasteiger partial charge in [-0.15, -0.1) is 0 Å². The molecule has 0 aliphatic carbocycles. The molecule has 1 amide bonds. The van der Waals surface area contributed by atoms with E-state index in [2.05, 4.69) is 10.3 Å². The molecule has 0 radical (unpaired) electrons. The van der Waals surface area contributed by atoms with Crippen LogP contribution in [-0.4, -0.2) is 22.0 Å². The van der Waals surface area contributed by atoms with E-state index in [1.54, 1.807) is 19.9 Å². The predicted molar refractivity (Wildman–Crippen MR) is 67.9 cm³/mol. The number of hydrogen-bond acceptors (Lipinski definition) is 4. The van der Waals surface area contributed by atoms with Crippen LogP contribution >= 0.6 is 0 Å². The molecule has 0 aromatic carbocycles. The molecular weight excluding hydrogens is 234 g/mol. The topological polar surface area (TPSA) is 105 Å². The van der Waals surface area contributed by atoms with Crippen LogP contribution in [-0.2, 0) is 9.59 Å². The maximum atomic E-state index is 12.1. The number of nitrogens with two attached hydrogens (primary N) is 1. The van der Waals surface area contributed by atoms with Crippen molar-refractivity contribution in [1.29, 1.82) is 0 Å². The molecule has 4 N–H and O–H groups in total. The number of anilines is 2. The molecule has 0 unspecified atom stereocenters. The van der Waals surface area contributed by atoms with Crippen LogP contribution in [0, 0.1) is 5.41 Å². The molecule has 0 aliphatic rings. The van der Waals surface area contributed by atoms with Gasteiger partial charge in [-0.25, -0.2) is 4.98 Å². The monoisotopic (exact) mass is 251 g/mol. The number of carbonyl (C=O) groups excluding carboxylic acids is 1. The van der Waals surface area contributed by atoms with Gasteiger partial charge < -0.3 is 16.2 Å². The molecule has 0 spiro atoms. The SMILES string of the molecule is CCC(CC)(C(=O)O)C(=O)Nc1ccc(N)nc1. The summed E-state index contributed by atoms with van der Waals surface area (Å²) in [4.78, 5) is 27.2. The molecule has 0 bridgehead atoms. The highest BCUT2D eigenvalue weighted by molar-refractivity contribution is 6.08. The summed E-state index contributed by atoms with van der Waals surface area (Å²) >= 11 is 0. The molecule has 18 heavy (non-hydrogen) atoms. The first-order chi connectivity index (χ1) is 8.46. The summed E-state index contributed by atoms with van der Waals surface area (Å²) in [6, 6.07) is 3.12. The van der Waals surface area contributed by atoms with E-state index in [0.29, 0.717) is 11.5 Å². The van der Waals surface area contributed by atoms with Gasteiger partial charge in [0, 0.05) is 0 Å². The van der Waals surface area contributed by atoms with Crippen LogP contribution in [0.4, 0.5) is 11.5 Å². The number of rotatable bonds is 5. The van der Waals surface area contributed by atoms with E-state index in [4.69, 9.17) is 5.73 Å². The fourth-order valence-corrected chi connectivity index (χ4v) is 1.70. The maximum absolute atomic E-state index is 12.1. The summed E-state index contributed by atoms with van der Waals surface area (Å²) in [5, 5.41) is 11.8. The molecule has 0 atom stereocenters. The Morgan fingerprint density at radius 1 is 1.39 bits per heavy atom. The van der Waals surface area contributed by atoms with E-state index < -0.39 is 17.3 Å². The van der Waals surface area contributed by atoms with Gasteiger partial charge in [0.1, 0.15) is 11.2 Å². The fourth-order valence-electron chi connectivity index (χ4n) is 1.70. The normalized spacial score (nSPS) is 11.0. The number of aliphatic carboxylic acids is 1. The number of amides is 1. The van der Waals surface area contributed by atoms with E-state index in [1.807, 2.05) is 0 Å². The van der Waals surface area contributed by atoms with Crippen LogP contribution in [0.25, 0.3) is 0 Å². The molecule has 1 rings (SSSR count). The highest BCUT2D eigenvalue weighted by Gasteiger charge is 2.42. The Morgan fingerprint density at radius 2 is 2.00 bits per heavy atom. The predicted octanol–water partition coefficient (Wildman–Crippen LogP) is 1.49. The molecule has 1 heterocycles. The second-order valence-electron chi connectivity index (χ2n) is 4.02. The number of nitrogen functional groups attached to an aromatic ring is 1. The maximum Gasteiger partial charge on any atom is 0.319 e. The van der Waals surface area contributed by atoms with Gasteiger partial charge in [0.25, 0.3) is 0 Å². The number of nitrogens with zero attached hydrogens (tertiary/aromatic N) is 1. The Bertz CT molecular complexity index is 438. The summed E-state index contributed by atoms with van der Waals surface area (Å²) in [5.74, 6) is -1.32. The average molecular weight is 251 g/mol. The molecular formula is C12H17N3O3. The van der Waals surface area contributed by atoms with Crippen molar-refractivity contribution in [2.45, 2.75) is 26.7 Å². The van der Waals surface area contributed by atoms with Crippen molar-refractivity contribution in [2.75, 3.05) is 11.1 Å². The molecule has 1 aromatic rings. The number of carboxylic acids is 1. The van der Waals surface area contributed by atoms with Gasteiger partial charge in [-0.1, -0.05) is 13.8 Å². The van der Waals surface area contributed by atoms with E-state index >= 15 is 0 Å². The molecule has 98 valence electrons. The average Bonchev–Trinajstić information content (AvgIpc) is 2.34. The molecule has 6 nitrogen and oxygen atoms in total. The minimum absolute atomic E-state index is 0.229. The molecule has 0 aliphatic heterocycles. The third-order valence-corrected chi connectivity index (χ3v) is 3.10. The zero-order chi connectivity index (χ0) is 13.8. The Balaban J connectivity index is 2.92. The van der Waals surface area contributed by atoms with Crippen LogP contribution in [0.3, 0.4) is 0 Å². The lowest BCUT2D eigenvalue weighted by Crippen LogP contribution is -2.42. The summed E-state index contributed by atoms with van der Waals surface area (Å²) in [6.07, 6.45) is 1.85. The van der Waals surface area contributed by atoms with Gasteiger partial charge in [-0.2, -0.15) is 0 Å². The van der Waals surface area contributed by atoms with Gasteiger partial charge >= 0.3 is 5.97 Å². The lowest BCUT2D eigenvalue weighted by molar-refractivity contribution is -0.154. The Labute approximate surface area is 105 Å². The molecule has 0 fully saturated rings. The van der Waals surface area contributed by atoms with Crippen molar-refractivity contribution in [3.63, 3.8) is 0 Å². The van der Waals surface area contributed by atoms with Crippen molar-refractivity contribution < 1.29 is 14.7 Å². The van der Waals surface area contributed by atoms with Crippen molar-refractivity contribution >= 4 is 23.4 Å². The quantitative estimate of drug-likeness (QED) is 0.687. The standard InChI is InChI=1S/C12H17N3O3/c1-3-12(4-2,11(17)18)10(16)15-8-5-6-9(13)14-7-8/h5-7H,3-4H2,1-2H3,(H2,13,14)(H,15,16)(H,17,18). The largest absolute Gasteiger partial charge is 0.480 e. The fraction of sp³-hybridized carbons (Fsp3) is 0.417. The minimum Gasteiger partial charge on any atom is -0.480 e. The van der Waals surface area contributed by atoms with E-state index in [-0.39, 0.29) is 12.8 Å². The number of nitrogens with one attached hydrogen (secondary N) is 1. The van der Waals surface area contributed by atoms with E-state index in [9.17, 15) is 14.7 Å². The van der Waals surface area contributed by atoms with Crippen molar-refractivity contribution in [1.82, 2.24) is 4.98 Å². The number of aromatic nitrogens is 1. The third-order valence-electron chi connectivity index (χ3n) is 3.10. The van der Waals surface area contributed by atoms with Gasteiger partial charge in [-0.3, -0.25) is 9.59 Å². The minimum atomic E-state index is -1.40. The lowest BCUT2D eigenvalue weighted by Gasteiger charge is -2.25. The number of carboxylic acid groups (broad SMARTS) is 1. The van der Waals surface area contributed by atoms with Crippen LogP contribution in [0.1, 0.15) is 26.7 Å². The molecule has 0 saturated carbocycles. The molecule has 1 aromatic heterocycles. The van der Waals surface area contributed by atoms with Gasteiger partial charge in [0.2, 0.25) is 5.91 Å². The number of pyridine rings is 1. The summed E-state index contributed by atoms with van der Waals surface area (Å²) < 4.78 is 0. The first kappa shape index (κ1) is 14.0. The van der Waals surface area contributed by atoms with E-state index in [0.717, 1.165) is 0 Å². The van der Waals surface area contributed by atoms with Gasteiger partial charge in [0.05, 0.1) is 11.9 Å². The number of carbonyl (C=O) groups is 2. The van der Waals surface area contributed by atoms with Gasteiger partial charge in [0.15, 0.2) is 0 Å². The Hall–Kier alpha value is -2.11. The molecule has 6 heteroatoms. The smallest absolute Gasteiger partial charge is 0.319 e. The summed E-state index contributed by atoms with van der Waals surface area (Å²) in [7, 11) is 0. The van der Waals surface area contributed by atoms with E-state index in [1.165, 1.54) is 12.3 Å². The van der Waals surface area contributed by atoms with Crippen molar-refractivity contribution in [2.24, 2.45) is 5.41 Å². The first-order valence-electron chi connectivity index (χ1n) is 5.72. The van der Waals surface area contributed by atoms with Crippen LogP contribution in [0.5, 0.6) is 0 Å². The van der Waals surface area contributed by atoms with Crippen LogP contribution < -0.4 is 11.1 Å².